The number of nitriles is 1. The Bertz CT molecular complexity index is 1150. The monoisotopic (exact) mass is 443 g/mol. The number of hydrogen-bond acceptors (Lipinski definition) is 6. The molecule has 0 bridgehead atoms. The molecule has 2 aromatic heterocycles. The molecule has 31 heavy (non-hydrogen) atoms. The van der Waals surface area contributed by atoms with Crippen LogP contribution in [0.25, 0.3) is 10.6 Å². The molecule has 1 aromatic carbocycles. The van der Waals surface area contributed by atoms with E-state index in [-0.39, 0.29) is 11.6 Å². The smallest absolute Gasteiger partial charge is 0.352 e. The lowest BCUT2D eigenvalue weighted by atomic mass is 10.1. The number of halogens is 3. The highest BCUT2D eigenvalue weighted by Crippen LogP contribution is 2.33. The van der Waals surface area contributed by atoms with Crippen molar-refractivity contribution < 1.29 is 18.0 Å². The van der Waals surface area contributed by atoms with Crippen LogP contribution < -0.4 is 4.90 Å². The predicted octanol–water partition coefficient (Wildman–Crippen LogP) is 4.06. The van der Waals surface area contributed by atoms with Gasteiger partial charge in [0.25, 0.3) is 5.91 Å². The molecule has 0 N–H and O–H groups in total. The van der Waals surface area contributed by atoms with Crippen molar-refractivity contribution in [2.75, 3.05) is 31.1 Å². The van der Waals surface area contributed by atoms with Crippen molar-refractivity contribution in [3.63, 3.8) is 0 Å². The van der Waals surface area contributed by atoms with Crippen LogP contribution in [-0.4, -0.2) is 47.0 Å². The second-order valence-corrected chi connectivity index (χ2v) is 7.74. The van der Waals surface area contributed by atoms with E-state index in [4.69, 9.17) is 0 Å². The highest BCUT2D eigenvalue weighted by atomic mass is 32.1. The first-order valence-electron chi connectivity index (χ1n) is 9.39. The minimum atomic E-state index is -4.44. The molecule has 3 heterocycles. The number of piperazine rings is 1. The number of carbonyl (C=O) groups excluding carboxylic acids is 1. The zero-order valence-electron chi connectivity index (χ0n) is 16.1. The fourth-order valence-electron chi connectivity index (χ4n) is 3.35. The molecule has 3 aromatic rings. The van der Waals surface area contributed by atoms with Gasteiger partial charge in [-0.2, -0.15) is 18.4 Å². The van der Waals surface area contributed by atoms with Gasteiger partial charge in [0.1, 0.15) is 22.6 Å². The number of aromatic nitrogens is 2. The number of benzene rings is 1. The van der Waals surface area contributed by atoms with E-state index >= 15 is 0 Å². The Balaban J connectivity index is 1.45. The van der Waals surface area contributed by atoms with Crippen molar-refractivity contribution in [3.05, 3.63) is 64.8 Å². The highest BCUT2D eigenvalue weighted by molar-refractivity contribution is 7.13. The molecule has 0 aliphatic carbocycles. The number of alkyl halides is 3. The van der Waals surface area contributed by atoms with Crippen LogP contribution in [0.15, 0.2) is 48.0 Å². The highest BCUT2D eigenvalue weighted by Gasteiger charge is 2.31. The molecular weight excluding hydrogens is 427 g/mol. The zero-order valence-corrected chi connectivity index (χ0v) is 17.0. The van der Waals surface area contributed by atoms with Crippen molar-refractivity contribution in [1.82, 2.24) is 14.9 Å². The van der Waals surface area contributed by atoms with Crippen molar-refractivity contribution in [1.29, 1.82) is 5.26 Å². The molecule has 6 nitrogen and oxygen atoms in total. The SMILES string of the molecule is N#Cc1cccnc1N1CCN(C(=O)c2csc(-c3cccc(C(F)(F)F)c3)n2)CC1. The van der Waals surface area contributed by atoms with Gasteiger partial charge >= 0.3 is 6.18 Å². The molecule has 4 rings (SSSR count). The number of anilines is 1. The van der Waals surface area contributed by atoms with Crippen LogP contribution >= 0.6 is 11.3 Å². The maximum Gasteiger partial charge on any atom is 0.416 e. The van der Waals surface area contributed by atoms with Crippen LogP contribution in [0.4, 0.5) is 19.0 Å². The molecule has 0 radical (unpaired) electrons. The van der Waals surface area contributed by atoms with E-state index in [0.29, 0.717) is 48.1 Å². The van der Waals surface area contributed by atoms with E-state index in [9.17, 15) is 23.2 Å². The summed E-state index contributed by atoms with van der Waals surface area (Å²) in [5.74, 6) is 0.327. The molecule has 1 fully saturated rings. The van der Waals surface area contributed by atoms with Crippen LogP contribution in [0.5, 0.6) is 0 Å². The van der Waals surface area contributed by atoms with E-state index in [0.717, 1.165) is 23.5 Å². The van der Waals surface area contributed by atoms with Crippen molar-refractivity contribution in [3.8, 4) is 16.6 Å². The predicted molar refractivity (Wildman–Crippen MR) is 110 cm³/mol. The molecule has 0 unspecified atom stereocenters. The Morgan fingerprint density at radius 2 is 1.90 bits per heavy atom. The Hall–Kier alpha value is -3.45. The second kappa shape index (κ2) is 8.35. The summed E-state index contributed by atoms with van der Waals surface area (Å²) >= 11 is 1.13. The van der Waals surface area contributed by atoms with Crippen molar-refractivity contribution in [2.45, 2.75) is 6.18 Å². The summed E-state index contributed by atoms with van der Waals surface area (Å²) in [6.07, 6.45) is -2.82. The molecule has 1 aliphatic heterocycles. The standard InChI is InChI=1S/C21H16F3N5OS/c22-21(23,24)16-5-1-3-14(11-16)19-27-17(13-31-19)20(30)29-9-7-28(8-10-29)18-15(12-25)4-2-6-26-18/h1-6,11,13H,7-10H2. The fraction of sp³-hybridized carbons (Fsp3) is 0.238. The van der Waals surface area contributed by atoms with E-state index in [1.807, 2.05) is 4.90 Å². The van der Waals surface area contributed by atoms with Crippen LogP contribution in [0, 0.1) is 11.3 Å². The average molecular weight is 443 g/mol. The van der Waals surface area contributed by atoms with Gasteiger partial charge in [-0.05, 0) is 24.3 Å². The fourth-order valence-corrected chi connectivity index (χ4v) is 4.14. The largest absolute Gasteiger partial charge is 0.416 e. The van der Waals surface area contributed by atoms with E-state index in [1.54, 1.807) is 34.7 Å². The van der Waals surface area contributed by atoms with Crippen LogP contribution in [0.1, 0.15) is 21.6 Å². The molecular formula is C21H16F3N5OS. The first kappa shape index (κ1) is 20.8. The Labute approximate surface area is 180 Å². The first-order chi connectivity index (χ1) is 14.9. The number of amides is 1. The lowest BCUT2D eigenvalue weighted by Crippen LogP contribution is -2.49. The first-order valence-corrected chi connectivity index (χ1v) is 10.3. The maximum atomic E-state index is 13.0. The van der Waals surface area contributed by atoms with Crippen LogP contribution in [-0.2, 0) is 6.18 Å². The summed E-state index contributed by atoms with van der Waals surface area (Å²) in [5, 5.41) is 11.2. The third kappa shape index (κ3) is 4.36. The Kier molecular flexibility index (Phi) is 5.61. The minimum absolute atomic E-state index is 0.210. The van der Waals surface area contributed by atoms with Gasteiger partial charge < -0.3 is 9.80 Å². The summed E-state index contributed by atoms with van der Waals surface area (Å²) < 4.78 is 38.9. The summed E-state index contributed by atoms with van der Waals surface area (Å²) in [7, 11) is 0. The number of pyridine rings is 1. The summed E-state index contributed by atoms with van der Waals surface area (Å²) in [6.45, 7) is 1.89. The molecule has 1 aliphatic rings. The maximum absolute atomic E-state index is 13.0. The number of thiazole rings is 1. The average Bonchev–Trinajstić information content (AvgIpc) is 3.28. The lowest BCUT2D eigenvalue weighted by molar-refractivity contribution is -0.137. The summed E-state index contributed by atoms with van der Waals surface area (Å²) in [6, 6.07) is 10.4. The van der Waals surface area contributed by atoms with Gasteiger partial charge in [0.2, 0.25) is 0 Å². The molecule has 0 saturated carbocycles. The summed E-state index contributed by atoms with van der Waals surface area (Å²) in [4.78, 5) is 25.0. The third-order valence-electron chi connectivity index (χ3n) is 4.93. The molecule has 1 amide bonds. The Morgan fingerprint density at radius 1 is 1.13 bits per heavy atom. The number of rotatable bonds is 3. The van der Waals surface area contributed by atoms with Crippen LogP contribution in [0.3, 0.4) is 0 Å². The third-order valence-corrected chi connectivity index (χ3v) is 5.83. The van der Waals surface area contributed by atoms with Gasteiger partial charge in [-0.1, -0.05) is 12.1 Å². The zero-order chi connectivity index (χ0) is 22.0. The summed E-state index contributed by atoms with van der Waals surface area (Å²) in [5.41, 5.74) is 0.257. The van der Waals surface area contributed by atoms with Gasteiger partial charge in [-0.25, -0.2) is 9.97 Å². The Morgan fingerprint density at radius 3 is 2.61 bits per heavy atom. The van der Waals surface area contributed by atoms with Gasteiger partial charge in [-0.15, -0.1) is 11.3 Å². The number of carbonyl (C=O) groups is 1. The van der Waals surface area contributed by atoms with Crippen molar-refractivity contribution in [2.24, 2.45) is 0 Å². The quantitative estimate of drug-likeness (QED) is 0.611. The van der Waals surface area contributed by atoms with Crippen LogP contribution in [0.2, 0.25) is 0 Å². The topological polar surface area (TPSA) is 73.1 Å². The van der Waals surface area contributed by atoms with Gasteiger partial charge in [0.05, 0.1) is 11.1 Å². The number of hydrogen-bond donors (Lipinski definition) is 0. The molecule has 0 atom stereocenters. The minimum Gasteiger partial charge on any atom is -0.352 e. The second-order valence-electron chi connectivity index (χ2n) is 6.88. The molecule has 1 saturated heterocycles. The van der Waals surface area contributed by atoms with Gasteiger partial charge in [0, 0.05) is 43.3 Å². The van der Waals surface area contributed by atoms with E-state index in [2.05, 4.69) is 16.0 Å². The van der Waals surface area contributed by atoms with Crippen molar-refractivity contribution >= 4 is 23.1 Å². The lowest BCUT2D eigenvalue weighted by Gasteiger charge is -2.35. The molecule has 0 spiro atoms. The van der Waals surface area contributed by atoms with Gasteiger partial charge in [-0.3, -0.25) is 4.79 Å². The van der Waals surface area contributed by atoms with E-state index < -0.39 is 11.7 Å². The van der Waals surface area contributed by atoms with E-state index in [1.165, 1.54) is 6.07 Å². The number of nitrogens with zero attached hydrogens (tertiary/aromatic N) is 5. The molecule has 10 heteroatoms. The van der Waals surface area contributed by atoms with Gasteiger partial charge in [0.15, 0.2) is 0 Å². The normalized spacial score (nSPS) is 14.4. The molecule has 158 valence electrons.